The normalized spacial score (nSPS) is 14.6. The Morgan fingerprint density at radius 3 is 2.05 bits per heavy atom. The molecule has 9 aromatic rings. The maximum Gasteiger partial charge on any atom is 0.333 e. The number of aromatic nitrogens is 1. The average molecular weight is 717 g/mol. The third-order valence-corrected chi connectivity index (χ3v) is 13.3. The van der Waals surface area contributed by atoms with Crippen molar-refractivity contribution in [1.29, 1.82) is 0 Å². The minimum atomic E-state index is -0.128. The van der Waals surface area contributed by atoms with Crippen LogP contribution in [-0.4, -0.2) is 11.4 Å². The number of hydrogen-bond acceptors (Lipinski definition) is 1. The molecule has 2 nitrogen and oxygen atoms in total. The first-order valence-electron chi connectivity index (χ1n) is 20.1. The molecule has 0 radical (unpaired) electrons. The quantitative estimate of drug-likeness (QED) is 0.162. The standard InChI is InChI=1S/C53H41BN2/c1-52(2,3)34-24-26-35(27-25-34)56-45-22-14-12-20-38(45)41-29-39(32-15-7-6-8-16-32)49-48-36-18-10-9-17-33(36)23-28-46(48)55-47-30-40-37-19-11-13-21-42(37)53(4,5)43(40)31-44(47)54(56)50(41)51(49)55/h6-31H,1-5H3. The van der Waals surface area contributed by atoms with E-state index in [9.17, 15) is 0 Å². The lowest BCUT2D eigenvalue weighted by molar-refractivity contribution is 0.590. The van der Waals surface area contributed by atoms with Crippen LogP contribution in [0.15, 0.2) is 158 Å². The predicted molar refractivity (Wildman–Crippen MR) is 239 cm³/mol. The first-order chi connectivity index (χ1) is 27.2. The largest absolute Gasteiger partial charge is 0.376 e. The highest BCUT2D eigenvalue weighted by molar-refractivity contribution is 6.94. The first kappa shape index (κ1) is 32.0. The molecule has 0 unspecified atom stereocenters. The van der Waals surface area contributed by atoms with E-state index in [1.165, 1.54) is 111 Å². The molecular weight excluding hydrogens is 675 g/mol. The molecule has 12 rings (SSSR count). The maximum absolute atomic E-state index is 2.66. The zero-order chi connectivity index (χ0) is 37.7. The molecule has 0 spiro atoms. The van der Waals surface area contributed by atoms with Gasteiger partial charge in [0.05, 0.1) is 11.0 Å². The minimum Gasteiger partial charge on any atom is -0.376 e. The van der Waals surface area contributed by atoms with Crippen LogP contribution in [0.4, 0.5) is 11.4 Å². The fourth-order valence-corrected chi connectivity index (χ4v) is 10.6. The van der Waals surface area contributed by atoms with Gasteiger partial charge in [0.1, 0.15) is 0 Å². The smallest absolute Gasteiger partial charge is 0.333 e. The molecule has 8 aromatic carbocycles. The topological polar surface area (TPSA) is 8.17 Å². The van der Waals surface area contributed by atoms with Gasteiger partial charge in [0.2, 0.25) is 0 Å². The molecule has 266 valence electrons. The van der Waals surface area contributed by atoms with Crippen LogP contribution in [0, 0.1) is 0 Å². The van der Waals surface area contributed by atoms with Crippen molar-refractivity contribution >= 4 is 61.7 Å². The van der Waals surface area contributed by atoms with Crippen LogP contribution < -0.4 is 15.7 Å². The van der Waals surface area contributed by atoms with Crippen LogP contribution >= 0.6 is 0 Å². The zero-order valence-corrected chi connectivity index (χ0v) is 32.5. The summed E-state index contributed by atoms with van der Waals surface area (Å²) in [7, 11) is 0. The highest BCUT2D eigenvalue weighted by atomic mass is 15.1. The lowest BCUT2D eigenvalue weighted by Gasteiger charge is -2.42. The van der Waals surface area contributed by atoms with Crippen LogP contribution in [-0.2, 0) is 10.8 Å². The van der Waals surface area contributed by atoms with Crippen molar-refractivity contribution in [2.45, 2.75) is 45.4 Å². The summed E-state index contributed by atoms with van der Waals surface area (Å²) in [6.07, 6.45) is 0. The SMILES string of the molecule is CC(C)(C)c1ccc(N2B3c4cc5c(cc4-n4c6ccc7ccccc7c6c6c(-c7ccccc7)cc(c3c64)-c3ccccc32)-c2ccccc2C5(C)C)cc1. The van der Waals surface area contributed by atoms with E-state index >= 15 is 0 Å². The summed E-state index contributed by atoms with van der Waals surface area (Å²) in [5.41, 5.74) is 21.0. The van der Waals surface area contributed by atoms with Crippen molar-refractivity contribution in [3.8, 4) is 39.1 Å². The van der Waals surface area contributed by atoms with E-state index in [0.29, 0.717) is 0 Å². The molecule has 0 saturated carbocycles. The molecule has 1 aromatic heterocycles. The molecule has 1 aliphatic carbocycles. The molecule has 0 fully saturated rings. The second kappa shape index (κ2) is 10.9. The van der Waals surface area contributed by atoms with E-state index in [2.05, 4.69) is 202 Å². The predicted octanol–water partition coefficient (Wildman–Crippen LogP) is 12.4. The van der Waals surface area contributed by atoms with Gasteiger partial charge in [0, 0.05) is 38.8 Å². The molecule has 0 N–H and O–H groups in total. The second-order valence-corrected chi connectivity index (χ2v) is 17.7. The Morgan fingerprint density at radius 2 is 1.25 bits per heavy atom. The third-order valence-electron chi connectivity index (χ3n) is 13.3. The van der Waals surface area contributed by atoms with Gasteiger partial charge in [-0.2, -0.15) is 0 Å². The van der Waals surface area contributed by atoms with Crippen LogP contribution in [0.1, 0.15) is 51.3 Å². The van der Waals surface area contributed by atoms with Gasteiger partial charge in [-0.15, -0.1) is 0 Å². The number of nitrogens with zero attached hydrogens (tertiary/aromatic N) is 2. The number of benzene rings is 8. The van der Waals surface area contributed by atoms with E-state index in [4.69, 9.17) is 0 Å². The first-order valence-corrected chi connectivity index (χ1v) is 20.1. The molecule has 0 amide bonds. The summed E-state index contributed by atoms with van der Waals surface area (Å²) in [5.74, 6) is 0. The highest BCUT2D eigenvalue weighted by Gasteiger charge is 2.46. The Labute approximate surface area is 328 Å². The van der Waals surface area contributed by atoms with Gasteiger partial charge in [0.25, 0.3) is 0 Å². The van der Waals surface area contributed by atoms with Gasteiger partial charge < -0.3 is 9.38 Å². The summed E-state index contributed by atoms with van der Waals surface area (Å²) < 4.78 is 2.65. The summed E-state index contributed by atoms with van der Waals surface area (Å²) in [6, 6.07) is 60.0. The number of para-hydroxylation sites is 1. The van der Waals surface area contributed by atoms with E-state index < -0.39 is 0 Å². The number of hydrogen-bond donors (Lipinski definition) is 0. The Kier molecular flexibility index (Phi) is 6.24. The van der Waals surface area contributed by atoms with Crippen molar-refractivity contribution in [1.82, 2.24) is 4.57 Å². The monoisotopic (exact) mass is 716 g/mol. The highest BCUT2D eigenvalue weighted by Crippen LogP contribution is 2.53. The fraction of sp³-hybridized carbons (Fsp3) is 0.132. The number of anilines is 2. The fourth-order valence-electron chi connectivity index (χ4n) is 10.6. The number of rotatable bonds is 2. The lowest BCUT2D eigenvalue weighted by Crippen LogP contribution is -2.60. The molecule has 0 atom stereocenters. The molecule has 3 heterocycles. The Morgan fingerprint density at radius 1 is 0.536 bits per heavy atom. The maximum atomic E-state index is 2.66. The van der Waals surface area contributed by atoms with Crippen molar-refractivity contribution in [2.75, 3.05) is 4.81 Å². The van der Waals surface area contributed by atoms with E-state index in [1.807, 2.05) is 0 Å². The molecule has 0 bridgehead atoms. The van der Waals surface area contributed by atoms with E-state index in [-0.39, 0.29) is 17.7 Å². The Bertz CT molecular complexity index is 3140. The van der Waals surface area contributed by atoms with Crippen molar-refractivity contribution in [3.05, 3.63) is 174 Å². The van der Waals surface area contributed by atoms with Gasteiger partial charge in [-0.1, -0.05) is 156 Å². The van der Waals surface area contributed by atoms with Crippen molar-refractivity contribution in [3.63, 3.8) is 0 Å². The molecule has 2 aliphatic heterocycles. The number of fused-ring (bicyclic) bond motifs is 13. The minimum absolute atomic E-state index is 0.0457. The molecule has 0 saturated heterocycles. The van der Waals surface area contributed by atoms with Crippen LogP contribution in [0.3, 0.4) is 0 Å². The summed E-state index contributed by atoms with van der Waals surface area (Å²) in [6.45, 7) is 11.7. The zero-order valence-electron chi connectivity index (χ0n) is 32.5. The van der Waals surface area contributed by atoms with Gasteiger partial charge in [-0.3, -0.25) is 0 Å². The van der Waals surface area contributed by atoms with Gasteiger partial charge >= 0.3 is 6.85 Å². The van der Waals surface area contributed by atoms with E-state index in [0.717, 1.165) is 0 Å². The molecule has 3 heteroatoms. The third kappa shape index (κ3) is 4.08. The van der Waals surface area contributed by atoms with Crippen molar-refractivity contribution in [2.24, 2.45) is 0 Å². The average Bonchev–Trinajstić information content (AvgIpc) is 3.69. The summed E-state index contributed by atoms with van der Waals surface area (Å²) in [5, 5.41) is 5.22. The Hall–Kier alpha value is -6.32. The van der Waals surface area contributed by atoms with Crippen LogP contribution in [0.5, 0.6) is 0 Å². The second-order valence-electron chi connectivity index (χ2n) is 17.7. The van der Waals surface area contributed by atoms with Crippen molar-refractivity contribution < 1.29 is 0 Å². The molecule has 3 aliphatic rings. The van der Waals surface area contributed by atoms with Crippen LogP contribution in [0.2, 0.25) is 0 Å². The van der Waals surface area contributed by atoms with Crippen LogP contribution in [0.25, 0.3) is 71.6 Å². The molecular formula is C53H41BN2. The summed E-state index contributed by atoms with van der Waals surface area (Å²) in [4.78, 5) is 2.66. The molecule has 56 heavy (non-hydrogen) atoms. The van der Waals surface area contributed by atoms with Gasteiger partial charge in [0.15, 0.2) is 0 Å². The summed E-state index contributed by atoms with van der Waals surface area (Å²) >= 11 is 0. The van der Waals surface area contributed by atoms with Gasteiger partial charge in [-0.25, -0.2) is 0 Å². The van der Waals surface area contributed by atoms with Gasteiger partial charge in [-0.05, 0) is 108 Å². The van der Waals surface area contributed by atoms with E-state index in [1.54, 1.807) is 0 Å². The lowest BCUT2D eigenvalue weighted by atomic mass is 9.43. The Balaban J connectivity index is 1.30.